The normalized spacial score (nSPS) is 23.8. The van der Waals surface area contributed by atoms with Crippen molar-refractivity contribution in [2.24, 2.45) is 0 Å². The van der Waals surface area contributed by atoms with Crippen LogP contribution in [0.25, 0.3) is 0 Å². The van der Waals surface area contributed by atoms with E-state index in [1.54, 1.807) is 0 Å². The number of carbonyl (C=O) groups is 2. The monoisotopic (exact) mass is 267 g/mol. The Morgan fingerprint density at radius 2 is 1.50 bits per heavy atom. The molecule has 2 rings (SSSR count). The van der Waals surface area contributed by atoms with Crippen LogP contribution in [0.15, 0.2) is 35.2 Å². The minimum absolute atomic E-state index is 0.386. The van der Waals surface area contributed by atoms with Crippen molar-refractivity contribution in [2.45, 2.75) is 17.1 Å². The van der Waals surface area contributed by atoms with Crippen molar-refractivity contribution >= 4 is 23.8 Å². The molecular formula is C12H13NO4S. The van der Waals surface area contributed by atoms with E-state index in [1.165, 1.54) is 14.2 Å². The van der Waals surface area contributed by atoms with Crippen molar-refractivity contribution in [3.05, 3.63) is 30.3 Å². The Balaban J connectivity index is 2.19. The summed E-state index contributed by atoms with van der Waals surface area (Å²) >= 11 is 1.08. The highest BCUT2D eigenvalue weighted by atomic mass is 32.2. The van der Waals surface area contributed by atoms with E-state index < -0.39 is 12.2 Å². The van der Waals surface area contributed by atoms with Gasteiger partial charge in [0, 0.05) is 19.1 Å². The van der Waals surface area contributed by atoms with Gasteiger partial charge in [0.1, 0.15) is 0 Å². The van der Waals surface area contributed by atoms with E-state index in [1.807, 2.05) is 30.3 Å². The quantitative estimate of drug-likeness (QED) is 0.604. The van der Waals surface area contributed by atoms with Gasteiger partial charge in [-0.3, -0.25) is 9.59 Å². The Morgan fingerprint density at radius 3 is 1.94 bits per heavy atom. The summed E-state index contributed by atoms with van der Waals surface area (Å²) in [6.45, 7) is 0. The van der Waals surface area contributed by atoms with Crippen molar-refractivity contribution in [1.82, 2.24) is 4.31 Å². The number of hydrogen-bond acceptors (Lipinski definition) is 5. The molecule has 0 saturated carbocycles. The lowest BCUT2D eigenvalue weighted by atomic mass is 10.2. The fourth-order valence-electron chi connectivity index (χ4n) is 1.72. The molecule has 2 atom stereocenters. The smallest absolute Gasteiger partial charge is 0.272 e. The van der Waals surface area contributed by atoms with Crippen molar-refractivity contribution in [3.63, 3.8) is 0 Å². The molecular weight excluding hydrogens is 254 g/mol. The van der Waals surface area contributed by atoms with Gasteiger partial charge in [0.2, 0.25) is 0 Å². The van der Waals surface area contributed by atoms with Crippen LogP contribution in [0.3, 0.4) is 0 Å². The zero-order valence-electron chi connectivity index (χ0n) is 10.0. The number of methoxy groups -OCH3 is 2. The van der Waals surface area contributed by atoms with E-state index >= 15 is 0 Å². The Kier molecular flexibility index (Phi) is 4.00. The van der Waals surface area contributed by atoms with Crippen LogP contribution < -0.4 is 0 Å². The number of imide groups is 1. The first-order valence-electron chi connectivity index (χ1n) is 5.35. The molecule has 96 valence electrons. The molecule has 6 heteroatoms. The van der Waals surface area contributed by atoms with Crippen LogP contribution in [0.2, 0.25) is 0 Å². The lowest BCUT2D eigenvalue weighted by Gasteiger charge is -2.12. The Hall–Kier alpha value is -1.37. The van der Waals surface area contributed by atoms with Gasteiger partial charge >= 0.3 is 0 Å². The number of hydrogen-bond donors (Lipinski definition) is 0. The molecule has 0 unspecified atom stereocenters. The highest BCUT2D eigenvalue weighted by Gasteiger charge is 2.49. The van der Waals surface area contributed by atoms with Gasteiger partial charge < -0.3 is 9.47 Å². The predicted octanol–water partition coefficient (Wildman–Crippen LogP) is 1.09. The molecule has 0 N–H and O–H groups in total. The first-order valence-corrected chi connectivity index (χ1v) is 6.12. The van der Waals surface area contributed by atoms with Gasteiger partial charge in [-0.15, -0.1) is 0 Å². The second-order valence-electron chi connectivity index (χ2n) is 3.69. The third-order valence-corrected chi connectivity index (χ3v) is 3.64. The van der Waals surface area contributed by atoms with E-state index in [-0.39, 0.29) is 11.8 Å². The molecule has 2 amide bonds. The largest absolute Gasteiger partial charge is 0.368 e. The van der Waals surface area contributed by atoms with Gasteiger partial charge in [0.15, 0.2) is 12.2 Å². The number of nitrogens with zero attached hydrogens (tertiary/aromatic N) is 1. The van der Waals surface area contributed by atoms with E-state index in [2.05, 4.69) is 0 Å². The molecule has 1 aromatic carbocycles. The zero-order chi connectivity index (χ0) is 13.1. The Bertz CT molecular complexity index is 429. The van der Waals surface area contributed by atoms with Crippen molar-refractivity contribution in [2.75, 3.05) is 14.2 Å². The standard InChI is InChI=1S/C12H13NO4S/c1-16-9-10(17-2)12(15)13(11(9)14)18-8-6-4-3-5-7-8/h3-7,9-10H,1-2H3/t9-,10-/m1/s1. The molecule has 1 fully saturated rings. The van der Waals surface area contributed by atoms with Gasteiger partial charge in [-0.05, 0) is 24.1 Å². The molecule has 1 saturated heterocycles. The van der Waals surface area contributed by atoms with Crippen LogP contribution in [-0.2, 0) is 19.1 Å². The van der Waals surface area contributed by atoms with E-state index in [0.717, 1.165) is 21.1 Å². The Labute approximate surface area is 109 Å². The van der Waals surface area contributed by atoms with Crippen molar-refractivity contribution in [3.8, 4) is 0 Å². The second-order valence-corrected chi connectivity index (χ2v) is 4.71. The topological polar surface area (TPSA) is 55.8 Å². The highest BCUT2D eigenvalue weighted by Crippen LogP contribution is 2.30. The molecule has 5 nitrogen and oxygen atoms in total. The summed E-state index contributed by atoms with van der Waals surface area (Å²) in [6.07, 6.45) is -1.72. The maximum atomic E-state index is 12.0. The van der Waals surface area contributed by atoms with Gasteiger partial charge in [-0.1, -0.05) is 18.2 Å². The third-order valence-electron chi connectivity index (χ3n) is 2.61. The number of rotatable bonds is 4. The molecule has 1 aromatic rings. The maximum Gasteiger partial charge on any atom is 0.272 e. The summed E-state index contributed by atoms with van der Waals surface area (Å²) in [7, 11) is 2.77. The summed E-state index contributed by atoms with van der Waals surface area (Å²) in [6, 6.07) is 9.21. The first-order chi connectivity index (χ1) is 8.69. The Morgan fingerprint density at radius 1 is 1.00 bits per heavy atom. The number of benzene rings is 1. The fraction of sp³-hybridized carbons (Fsp3) is 0.333. The molecule has 18 heavy (non-hydrogen) atoms. The number of ether oxygens (including phenoxy) is 2. The molecule has 1 heterocycles. The minimum atomic E-state index is -0.862. The molecule has 1 aliphatic rings. The summed E-state index contributed by atoms with van der Waals surface area (Å²) in [5, 5.41) is 0. The number of amides is 2. The minimum Gasteiger partial charge on any atom is -0.368 e. The average Bonchev–Trinajstić information content (AvgIpc) is 2.63. The predicted molar refractivity (Wildman–Crippen MR) is 65.7 cm³/mol. The van der Waals surface area contributed by atoms with Gasteiger partial charge in [-0.2, -0.15) is 0 Å². The number of carbonyl (C=O) groups excluding carboxylic acids is 2. The lowest BCUT2D eigenvalue weighted by Crippen LogP contribution is -2.32. The van der Waals surface area contributed by atoms with Crippen LogP contribution in [0.5, 0.6) is 0 Å². The third kappa shape index (κ3) is 2.27. The molecule has 0 radical (unpaired) electrons. The van der Waals surface area contributed by atoms with Crippen molar-refractivity contribution < 1.29 is 19.1 Å². The summed E-state index contributed by atoms with van der Waals surface area (Å²) < 4.78 is 11.1. The summed E-state index contributed by atoms with van der Waals surface area (Å²) in [5.74, 6) is -0.772. The van der Waals surface area contributed by atoms with Crippen LogP contribution in [0.4, 0.5) is 0 Å². The molecule has 0 bridgehead atoms. The van der Waals surface area contributed by atoms with Gasteiger partial charge in [-0.25, -0.2) is 4.31 Å². The van der Waals surface area contributed by atoms with Crippen molar-refractivity contribution in [1.29, 1.82) is 0 Å². The average molecular weight is 267 g/mol. The molecule has 0 aromatic heterocycles. The van der Waals surface area contributed by atoms with Gasteiger partial charge in [0.05, 0.1) is 0 Å². The molecule has 0 aliphatic carbocycles. The van der Waals surface area contributed by atoms with Crippen LogP contribution in [0, 0.1) is 0 Å². The van der Waals surface area contributed by atoms with Crippen LogP contribution in [-0.4, -0.2) is 42.5 Å². The first kappa shape index (κ1) is 13.1. The van der Waals surface area contributed by atoms with E-state index in [9.17, 15) is 9.59 Å². The van der Waals surface area contributed by atoms with E-state index in [0.29, 0.717) is 0 Å². The van der Waals surface area contributed by atoms with Crippen LogP contribution in [0.1, 0.15) is 0 Å². The summed E-state index contributed by atoms with van der Waals surface area (Å²) in [4.78, 5) is 24.8. The lowest BCUT2D eigenvalue weighted by molar-refractivity contribution is -0.135. The SMILES string of the molecule is CO[C@H]1C(=O)N(Sc2ccccc2)C(=O)[C@@H]1OC. The summed E-state index contributed by atoms with van der Waals surface area (Å²) in [5.41, 5.74) is 0. The maximum absolute atomic E-state index is 12.0. The second kappa shape index (κ2) is 5.51. The van der Waals surface area contributed by atoms with E-state index in [4.69, 9.17) is 9.47 Å². The fourth-order valence-corrected chi connectivity index (χ4v) is 2.60. The van der Waals surface area contributed by atoms with Gasteiger partial charge in [0.25, 0.3) is 11.8 Å². The molecule has 1 aliphatic heterocycles. The van der Waals surface area contributed by atoms with Crippen LogP contribution >= 0.6 is 11.9 Å². The molecule has 0 spiro atoms. The zero-order valence-corrected chi connectivity index (χ0v) is 10.8. The highest BCUT2D eigenvalue weighted by molar-refractivity contribution is 7.98.